The monoisotopic (exact) mass is 1420 g/mol. The minimum atomic E-state index is -4.96. The van der Waals surface area contributed by atoms with Crippen molar-refractivity contribution in [1.82, 2.24) is 0 Å². The van der Waals surface area contributed by atoms with Crippen LogP contribution in [-0.4, -0.2) is 96.7 Å². The van der Waals surface area contributed by atoms with E-state index in [1.165, 1.54) is 218 Å². The van der Waals surface area contributed by atoms with Gasteiger partial charge in [0.05, 0.1) is 26.4 Å². The average Bonchev–Trinajstić information content (AvgIpc) is 1.42. The first-order chi connectivity index (χ1) is 46.9. The predicted molar refractivity (Wildman–Crippen MR) is 395 cm³/mol. The minimum absolute atomic E-state index is 0.107. The molecule has 0 spiro atoms. The van der Waals surface area contributed by atoms with Gasteiger partial charge in [-0.2, -0.15) is 0 Å². The van der Waals surface area contributed by atoms with Crippen molar-refractivity contribution in [1.29, 1.82) is 0 Å². The predicted octanol–water partition coefficient (Wildman–Crippen LogP) is 23.1. The topological polar surface area (TPSA) is 237 Å². The number of ether oxygens (including phenoxy) is 4. The molecule has 2 unspecified atom stereocenters. The van der Waals surface area contributed by atoms with Crippen LogP contribution in [0.15, 0.2) is 0 Å². The summed E-state index contributed by atoms with van der Waals surface area (Å²) in [5.74, 6) is -0.626. The summed E-state index contributed by atoms with van der Waals surface area (Å²) in [5, 5.41) is 10.6. The largest absolute Gasteiger partial charge is 0.472 e. The Labute approximate surface area is 594 Å². The van der Waals surface area contributed by atoms with Crippen molar-refractivity contribution in [3.8, 4) is 0 Å². The molecule has 0 aromatic carbocycles. The maximum absolute atomic E-state index is 13.1. The van der Waals surface area contributed by atoms with Crippen LogP contribution in [0.25, 0.3) is 0 Å². The highest BCUT2D eigenvalue weighted by Crippen LogP contribution is 2.45. The van der Waals surface area contributed by atoms with Crippen LogP contribution < -0.4 is 0 Å². The molecule has 19 heteroatoms. The molecule has 0 aliphatic rings. The fourth-order valence-corrected chi connectivity index (χ4v) is 13.6. The minimum Gasteiger partial charge on any atom is -0.462 e. The van der Waals surface area contributed by atoms with Crippen molar-refractivity contribution in [2.75, 3.05) is 39.6 Å². The van der Waals surface area contributed by atoms with Crippen LogP contribution in [0.1, 0.15) is 408 Å². The van der Waals surface area contributed by atoms with Gasteiger partial charge in [-0.3, -0.25) is 37.3 Å². The van der Waals surface area contributed by atoms with Crippen LogP contribution >= 0.6 is 15.6 Å². The summed E-state index contributed by atoms with van der Waals surface area (Å²) in [6, 6.07) is 0. The van der Waals surface area contributed by atoms with Gasteiger partial charge >= 0.3 is 39.5 Å². The molecule has 97 heavy (non-hydrogen) atoms. The molecule has 0 amide bonds. The molecule has 0 fully saturated rings. The van der Waals surface area contributed by atoms with Crippen molar-refractivity contribution < 1.29 is 80.2 Å². The molecular weight excluding hydrogens is 1270 g/mol. The first kappa shape index (κ1) is 95.1. The van der Waals surface area contributed by atoms with Crippen molar-refractivity contribution in [2.24, 2.45) is 11.8 Å². The highest BCUT2D eigenvalue weighted by atomic mass is 31.2. The summed E-state index contributed by atoms with van der Waals surface area (Å²) in [7, 11) is -9.91. The second-order valence-electron chi connectivity index (χ2n) is 29.1. The summed E-state index contributed by atoms with van der Waals surface area (Å²) in [6.45, 7) is 9.57. The maximum atomic E-state index is 13.1. The standard InChI is InChI=1S/C78H152O17P2/c1-7-9-11-13-15-17-19-21-22-23-24-25-26-27-28-34-38-44-51-57-63-78(83)94-73(66-88-75(80)60-54-48-42-36-33-30-29-31-35-40-46-52-58-70(3)4)68-92-96(84,85)90-64-72(79)65-91-97(86,87)93-69-74(67-89-76(81)61-55-49-45-39-41-47-53-59-71(5)6)95-77(82)62-56-50-43-37-32-20-18-16-14-12-10-8-2/h70-74,79H,7-69H2,1-6H3,(H,84,85)(H,86,87)/t72-,73-,74-/m1/s1. The van der Waals surface area contributed by atoms with Crippen LogP contribution in [0.3, 0.4) is 0 Å². The van der Waals surface area contributed by atoms with Gasteiger partial charge in [0.15, 0.2) is 12.2 Å². The van der Waals surface area contributed by atoms with E-state index in [9.17, 15) is 43.2 Å². The average molecular weight is 1420 g/mol. The molecule has 5 atom stereocenters. The zero-order valence-electron chi connectivity index (χ0n) is 63.4. The molecule has 0 heterocycles. The third-order valence-corrected chi connectivity index (χ3v) is 20.1. The van der Waals surface area contributed by atoms with Gasteiger partial charge in [0.1, 0.15) is 19.3 Å². The molecule has 0 saturated heterocycles. The number of aliphatic hydroxyl groups excluding tert-OH is 1. The first-order valence-electron chi connectivity index (χ1n) is 40.5. The number of unbranched alkanes of at least 4 members (excludes halogenated alkanes) is 47. The maximum Gasteiger partial charge on any atom is 0.472 e. The molecule has 0 bridgehead atoms. The summed E-state index contributed by atoms with van der Waals surface area (Å²) >= 11 is 0. The van der Waals surface area contributed by atoms with Crippen molar-refractivity contribution in [3.63, 3.8) is 0 Å². The summed E-state index contributed by atoms with van der Waals surface area (Å²) in [6.07, 6.45) is 58.4. The quantitative estimate of drug-likeness (QED) is 0.0222. The van der Waals surface area contributed by atoms with Gasteiger partial charge in [0.25, 0.3) is 0 Å². The van der Waals surface area contributed by atoms with Gasteiger partial charge < -0.3 is 33.8 Å². The number of rotatable bonds is 77. The summed E-state index contributed by atoms with van der Waals surface area (Å²) in [5.41, 5.74) is 0. The highest BCUT2D eigenvalue weighted by molar-refractivity contribution is 7.47. The number of hydrogen-bond donors (Lipinski definition) is 3. The lowest BCUT2D eigenvalue weighted by Crippen LogP contribution is -2.30. The van der Waals surface area contributed by atoms with Crippen LogP contribution in [0.5, 0.6) is 0 Å². The van der Waals surface area contributed by atoms with E-state index < -0.39 is 97.5 Å². The Balaban J connectivity index is 5.22. The van der Waals surface area contributed by atoms with E-state index in [1.54, 1.807) is 0 Å². The SMILES string of the molecule is CCCCCCCCCCCCCCCCCCCCCCC(=O)O[C@H](COC(=O)CCCCCCCCCCCCCCC(C)C)COP(=O)(O)OC[C@@H](O)COP(=O)(O)OC[C@@H](COC(=O)CCCCCCCCCC(C)C)OC(=O)CCCCCCCCCCCCCC. The molecule has 0 aromatic rings. The Morgan fingerprint density at radius 2 is 0.474 bits per heavy atom. The third-order valence-electron chi connectivity index (χ3n) is 18.2. The Hall–Kier alpha value is -1.94. The van der Waals surface area contributed by atoms with Gasteiger partial charge in [0.2, 0.25) is 0 Å². The molecule has 0 aliphatic heterocycles. The van der Waals surface area contributed by atoms with Crippen molar-refractivity contribution >= 4 is 39.5 Å². The molecule has 3 N–H and O–H groups in total. The molecular formula is C78H152O17P2. The van der Waals surface area contributed by atoms with Crippen LogP contribution in [0.2, 0.25) is 0 Å². The molecule has 0 aliphatic carbocycles. The Morgan fingerprint density at radius 1 is 0.278 bits per heavy atom. The van der Waals surface area contributed by atoms with E-state index in [-0.39, 0.29) is 25.7 Å². The van der Waals surface area contributed by atoms with E-state index in [0.29, 0.717) is 31.6 Å². The van der Waals surface area contributed by atoms with Gasteiger partial charge in [-0.15, -0.1) is 0 Å². The number of carbonyl (C=O) groups is 4. The molecule has 576 valence electrons. The smallest absolute Gasteiger partial charge is 0.462 e. The van der Waals surface area contributed by atoms with Gasteiger partial charge in [0, 0.05) is 25.7 Å². The zero-order valence-corrected chi connectivity index (χ0v) is 65.2. The van der Waals surface area contributed by atoms with Crippen LogP contribution in [0.4, 0.5) is 0 Å². The zero-order chi connectivity index (χ0) is 71.4. The molecule has 0 aromatic heterocycles. The Bertz CT molecular complexity index is 1870. The fourth-order valence-electron chi connectivity index (χ4n) is 12.0. The third kappa shape index (κ3) is 72.2. The van der Waals surface area contributed by atoms with Crippen LogP contribution in [-0.2, 0) is 65.4 Å². The van der Waals surface area contributed by atoms with E-state index in [1.807, 2.05) is 0 Å². The van der Waals surface area contributed by atoms with Gasteiger partial charge in [-0.25, -0.2) is 9.13 Å². The van der Waals surface area contributed by atoms with E-state index in [4.69, 9.17) is 37.0 Å². The van der Waals surface area contributed by atoms with Crippen LogP contribution in [0, 0.1) is 11.8 Å². The number of esters is 4. The summed E-state index contributed by atoms with van der Waals surface area (Å²) < 4.78 is 68.6. The lowest BCUT2D eigenvalue weighted by molar-refractivity contribution is -0.161. The van der Waals surface area contributed by atoms with Crippen molar-refractivity contribution in [3.05, 3.63) is 0 Å². The van der Waals surface area contributed by atoms with E-state index in [0.717, 1.165) is 102 Å². The normalized spacial score (nSPS) is 14.0. The van der Waals surface area contributed by atoms with E-state index in [2.05, 4.69) is 41.5 Å². The van der Waals surface area contributed by atoms with Crippen molar-refractivity contribution in [2.45, 2.75) is 426 Å². The molecule has 0 radical (unpaired) electrons. The second-order valence-corrected chi connectivity index (χ2v) is 32.0. The van der Waals surface area contributed by atoms with E-state index >= 15 is 0 Å². The fraction of sp³-hybridized carbons (Fsp3) is 0.949. The second kappa shape index (κ2) is 69.8. The number of phosphoric ester groups is 2. The molecule has 17 nitrogen and oxygen atoms in total. The number of aliphatic hydroxyl groups is 1. The number of carbonyl (C=O) groups excluding carboxylic acids is 4. The Morgan fingerprint density at radius 3 is 0.701 bits per heavy atom. The van der Waals surface area contributed by atoms with Gasteiger partial charge in [-0.1, -0.05) is 356 Å². The van der Waals surface area contributed by atoms with Gasteiger partial charge in [-0.05, 0) is 37.5 Å². The molecule has 0 rings (SSSR count). The molecule has 0 saturated carbocycles. The first-order valence-corrected chi connectivity index (χ1v) is 43.5. The summed E-state index contributed by atoms with van der Waals surface area (Å²) in [4.78, 5) is 72.9. The number of phosphoric acid groups is 2. The lowest BCUT2D eigenvalue weighted by Gasteiger charge is -2.21. The lowest BCUT2D eigenvalue weighted by atomic mass is 10.0. The Kier molecular flexibility index (Phi) is 68.4. The highest BCUT2D eigenvalue weighted by Gasteiger charge is 2.30. The number of hydrogen-bond acceptors (Lipinski definition) is 15.